The van der Waals surface area contributed by atoms with Crippen molar-refractivity contribution in [1.29, 1.82) is 0 Å². The maximum absolute atomic E-state index is 11.9. The Labute approximate surface area is 127 Å². The van der Waals surface area contributed by atoms with Crippen LogP contribution in [-0.2, 0) is 15.3 Å². The second-order valence-corrected chi connectivity index (χ2v) is 7.14. The topological polar surface area (TPSA) is 70.5 Å². The van der Waals surface area contributed by atoms with Crippen molar-refractivity contribution in [2.24, 2.45) is 0 Å². The Kier molecular flexibility index (Phi) is 6.01. The Hall–Kier alpha value is -1.08. The van der Waals surface area contributed by atoms with Crippen LogP contribution in [0.15, 0.2) is 5.38 Å². The number of carboxylic acids is 1. The molecular weight excluding hydrogens is 296 g/mol. The molecule has 0 aliphatic heterocycles. The Morgan fingerprint density at radius 3 is 2.65 bits per heavy atom. The predicted molar refractivity (Wildman–Crippen MR) is 82.1 cm³/mol. The summed E-state index contributed by atoms with van der Waals surface area (Å²) in [7, 11) is 1.53. The lowest BCUT2D eigenvalue weighted by Gasteiger charge is -2.31. The molecule has 0 unspecified atom stereocenters. The van der Waals surface area contributed by atoms with E-state index in [-0.39, 0.29) is 5.91 Å². The van der Waals surface area contributed by atoms with E-state index >= 15 is 0 Å². The third kappa shape index (κ3) is 4.49. The molecule has 1 rings (SSSR count). The summed E-state index contributed by atoms with van der Waals surface area (Å²) in [4.78, 5) is 28.7. The zero-order valence-electron chi connectivity index (χ0n) is 12.2. The molecule has 1 amide bonds. The maximum Gasteiger partial charge on any atom is 0.329 e. The molecule has 0 saturated heterocycles. The first-order valence-corrected chi connectivity index (χ1v) is 8.27. The van der Waals surface area contributed by atoms with Crippen molar-refractivity contribution in [1.82, 2.24) is 9.88 Å². The first-order valence-electron chi connectivity index (χ1n) is 6.24. The molecule has 0 fully saturated rings. The van der Waals surface area contributed by atoms with Crippen LogP contribution in [0.4, 0.5) is 0 Å². The Morgan fingerprint density at radius 1 is 1.50 bits per heavy atom. The second kappa shape index (κ2) is 7.08. The number of carbonyl (C=O) groups excluding carboxylic acids is 1. The van der Waals surface area contributed by atoms with E-state index in [1.165, 1.54) is 25.8 Å². The van der Waals surface area contributed by atoms with E-state index < -0.39 is 11.5 Å². The molecule has 5 nitrogen and oxygen atoms in total. The Bertz CT molecular complexity index is 486. The number of carboxylic acid groups (broad SMARTS) is 1. The molecule has 112 valence electrons. The van der Waals surface area contributed by atoms with Gasteiger partial charge in [-0.3, -0.25) is 4.79 Å². The molecule has 1 N–H and O–H groups in total. The van der Waals surface area contributed by atoms with E-state index in [4.69, 9.17) is 5.11 Å². The maximum atomic E-state index is 11.9. The van der Waals surface area contributed by atoms with Gasteiger partial charge in [0, 0.05) is 30.4 Å². The van der Waals surface area contributed by atoms with Crippen molar-refractivity contribution in [2.45, 2.75) is 38.5 Å². The van der Waals surface area contributed by atoms with Crippen molar-refractivity contribution in [3.05, 3.63) is 16.1 Å². The molecule has 0 atom stereocenters. The summed E-state index contributed by atoms with van der Waals surface area (Å²) in [5.41, 5.74) is -0.141. The lowest BCUT2D eigenvalue weighted by atomic mass is 10.0. The summed E-state index contributed by atoms with van der Waals surface area (Å²) in [5.74, 6) is 0.289. The molecule has 1 aromatic rings. The van der Waals surface area contributed by atoms with Crippen molar-refractivity contribution in [3.8, 4) is 0 Å². The van der Waals surface area contributed by atoms with Gasteiger partial charge >= 0.3 is 5.97 Å². The molecule has 0 aliphatic carbocycles. The lowest BCUT2D eigenvalue weighted by molar-refractivity contribution is -0.155. The van der Waals surface area contributed by atoms with E-state index in [0.717, 1.165) is 16.5 Å². The number of amides is 1. The van der Waals surface area contributed by atoms with Gasteiger partial charge in [-0.25, -0.2) is 9.78 Å². The third-order valence-electron chi connectivity index (χ3n) is 3.11. The van der Waals surface area contributed by atoms with Gasteiger partial charge in [-0.05, 0) is 20.8 Å². The highest BCUT2D eigenvalue weighted by Crippen LogP contribution is 2.18. The molecule has 7 heteroatoms. The Balaban J connectivity index is 2.34. The zero-order chi connectivity index (χ0) is 15.3. The highest BCUT2D eigenvalue weighted by Gasteiger charge is 2.34. The highest BCUT2D eigenvalue weighted by atomic mass is 32.2. The molecule has 0 radical (unpaired) electrons. The average molecular weight is 316 g/mol. The number of aryl methyl sites for hydroxylation is 1. The fourth-order valence-electron chi connectivity index (χ4n) is 1.43. The molecule has 20 heavy (non-hydrogen) atoms. The van der Waals surface area contributed by atoms with Crippen molar-refractivity contribution in [2.75, 3.05) is 12.8 Å². The van der Waals surface area contributed by atoms with Crippen LogP contribution in [0.3, 0.4) is 0 Å². The van der Waals surface area contributed by atoms with Crippen LogP contribution < -0.4 is 0 Å². The number of nitrogens with zero attached hydrogens (tertiary/aromatic N) is 2. The van der Waals surface area contributed by atoms with Crippen LogP contribution in [0.2, 0.25) is 0 Å². The van der Waals surface area contributed by atoms with Crippen molar-refractivity contribution < 1.29 is 14.7 Å². The van der Waals surface area contributed by atoms with Crippen molar-refractivity contribution >= 4 is 35.0 Å². The summed E-state index contributed by atoms with van der Waals surface area (Å²) in [6.07, 6.45) is 0.334. The zero-order valence-corrected chi connectivity index (χ0v) is 13.8. The van der Waals surface area contributed by atoms with Gasteiger partial charge in [-0.2, -0.15) is 11.8 Å². The van der Waals surface area contributed by atoms with E-state index in [9.17, 15) is 9.59 Å². The largest absolute Gasteiger partial charge is 0.480 e. The smallest absolute Gasteiger partial charge is 0.329 e. The fourth-order valence-corrected chi connectivity index (χ4v) is 2.97. The summed E-state index contributed by atoms with van der Waals surface area (Å²) in [6, 6.07) is 0. The molecular formula is C13H20N2O3S2. The number of thioether (sulfide) groups is 1. The quantitative estimate of drug-likeness (QED) is 0.782. The Morgan fingerprint density at radius 2 is 2.15 bits per heavy atom. The summed E-state index contributed by atoms with van der Waals surface area (Å²) >= 11 is 3.25. The SMILES string of the molecule is Cc1nc(CSCCC(=O)N(C)C(C)(C)C(=O)O)cs1. The monoisotopic (exact) mass is 316 g/mol. The van der Waals surface area contributed by atoms with Crippen LogP contribution in [-0.4, -0.2) is 45.2 Å². The van der Waals surface area contributed by atoms with E-state index in [1.54, 1.807) is 23.1 Å². The second-order valence-electron chi connectivity index (χ2n) is 4.98. The van der Waals surface area contributed by atoms with Crippen LogP contribution in [0.1, 0.15) is 31.0 Å². The number of thiazole rings is 1. The van der Waals surface area contributed by atoms with Gasteiger partial charge in [0.2, 0.25) is 5.91 Å². The van der Waals surface area contributed by atoms with Gasteiger partial charge in [0.15, 0.2) is 0 Å². The number of likely N-dealkylation sites (N-methyl/N-ethyl adjacent to an activating group) is 1. The minimum atomic E-state index is -1.17. The molecule has 1 aromatic heterocycles. The fraction of sp³-hybridized carbons (Fsp3) is 0.615. The standard InChI is InChI=1S/C13H20N2O3S2/c1-9-14-10(8-20-9)7-19-6-5-11(16)15(4)13(2,3)12(17)18/h8H,5-7H2,1-4H3,(H,17,18). The van der Waals surface area contributed by atoms with Gasteiger partial charge < -0.3 is 10.0 Å². The first-order chi connectivity index (χ1) is 9.25. The first kappa shape index (κ1) is 17.0. The minimum Gasteiger partial charge on any atom is -0.480 e. The molecule has 0 bridgehead atoms. The third-order valence-corrected chi connectivity index (χ3v) is 4.93. The van der Waals surface area contributed by atoms with Crippen LogP contribution in [0.5, 0.6) is 0 Å². The highest BCUT2D eigenvalue weighted by molar-refractivity contribution is 7.98. The minimum absolute atomic E-state index is 0.153. The van der Waals surface area contributed by atoms with Crippen LogP contribution in [0.25, 0.3) is 0 Å². The number of carbonyl (C=O) groups is 2. The van der Waals surface area contributed by atoms with Gasteiger partial charge in [0.1, 0.15) is 5.54 Å². The van der Waals surface area contributed by atoms with E-state index in [2.05, 4.69) is 4.98 Å². The number of aromatic nitrogens is 1. The molecule has 0 spiro atoms. The molecule has 0 aromatic carbocycles. The van der Waals surface area contributed by atoms with Gasteiger partial charge in [-0.15, -0.1) is 11.3 Å². The van der Waals surface area contributed by atoms with Crippen molar-refractivity contribution in [3.63, 3.8) is 0 Å². The summed E-state index contributed by atoms with van der Waals surface area (Å²) in [6.45, 7) is 5.02. The number of hydrogen-bond donors (Lipinski definition) is 1. The normalized spacial score (nSPS) is 11.4. The predicted octanol–water partition coefficient (Wildman–Crippen LogP) is 2.40. The van der Waals surface area contributed by atoms with E-state index in [0.29, 0.717) is 12.2 Å². The number of rotatable bonds is 7. The average Bonchev–Trinajstić information content (AvgIpc) is 2.79. The summed E-state index contributed by atoms with van der Waals surface area (Å²) in [5, 5.41) is 12.1. The number of hydrogen-bond acceptors (Lipinski definition) is 5. The van der Waals surface area contributed by atoms with Gasteiger partial charge in [0.25, 0.3) is 0 Å². The van der Waals surface area contributed by atoms with Gasteiger partial charge in [0.05, 0.1) is 10.7 Å². The van der Waals surface area contributed by atoms with Crippen LogP contribution in [0, 0.1) is 6.92 Å². The lowest BCUT2D eigenvalue weighted by Crippen LogP contribution is -2.50. The molecule has 0 aliphatic rings. The van der Waals surface area contributed by atoms with E-state index in [1.807, 2.05) is 12.3 Å². The van der Waals surface area contributed by atoms with Gasteiger partial charge in [-0.1, -0.05) is 0 Å². The molecule has 0 saturated carbocycles. The van der Waals surface area contributed by atoms with Crippen LogP contribution >= 0.6 is 23.1 Å². The summed E-state index contributed by atoms with van der Waals surface area (Å²) < 4.78 is 0. The number of aliphatic carboxylic acids is 1. The molecule has 1 heterocycles.